The highest BCUT2D eigenvalue weighted by Gasteiger charge is 1.87. The first-order valence-electron chi connectivity index (χ1n) is 2.80. The molecule has 0 spiro atoms. The van der Waals surface area contributed by atoms with Gasteiger partial charge in [-0.05, 0) is 26.5 Å². The summed E-state index contributed by atoms with van der Waals surface area (Å²) >= 11 is 0. The van der Waals surface area contributed by atoms with E-state index in [0.29, 0.717) is 0 Å². The number of aromatic nitrogens is 1. The zero-order chi connectivity index (χ0) is 6.69. The zero-order valence-electron chi connectivity index (χ0n) is 5.55. The summed E-state index contributed by atoms with van der Waals surface area (Å²) < 4.78 is 0. The molecule has 1 rings (SSSR count). The third-order valence-electron chi connectivity index (χ3n) is 1.02. The summed E-state index contributed by atoms with van der Waals surface area (Å²) in [7, 11) is 3.08. The maximum atomic E-state index is 4.09. The predicted molar refractivity (Wildman–Crippen MR) is 41.0 cm³/mol. The summed E-state index contributed by atoms with van der Waals surface area (Å²) in [5.41, 5.74) is 1.02. The van der Waals surface area contributed by atoms with Crippen LogP contribution >= 0.6 is 8.19 Å². The summed E-state index contributed by atoms with van der Waals surface area (Å²) in [5.74, 6) is 0. The zero-order valence-corrected chi connectivity index (χ0v) is 6.44. The van der Waals surface area contributed by atoms with E-state index in [9.17, 15) is 0 Å². The van der Waals surface area contributed by atoms with E-state index in [2.05, 4.69) is 17.2 Å². The van der Waals surface area contributed by atoms with E-state index in [-0.39, 0.29) is 0 Å². The van der Waals surface area contributed by atoms with Crippen LogP contribution in [0, 0.1) is 6.92 Å². The Balaban J connectivity index is 2.94. The Hall–Kier alpha value is -0.620. The van der Waals surface area contributed by atoms with Crippen molar-refractivity contribution in [1.82, 2.24) is 4.98 Å². The maximum Gasteiger partial charge on any atom is 0.152 e. The fraction of sp³-hybridized carbons (Fsp3) is 0.333. The molecule has 1 aromatic heterocycles. The van der Waals surface area contributed by atoms with Gasteiger partial charge in [-0.2, -0.15) is 0 Å². The molecular formula is C6H9N2P. The minimum absolute atomic E-state index is 1.02. The van der Waals surface area contributed by atoms with Crippen LogP contribution in [0.15, 0.2) is 12.3 Å². The summed E-state index contributed by atoms with van der Waals surface area (Å²) in [6.07, 6.45) is 1.82. The van der Waals surface area contributed by atoms with Crippen molar-refractivity contribution in [1.29, 1.82) is 0 Å². The van der Waals surface area contributed by atoms with Gasteiger partial charge in [0.05, 0.1) is 0 Å². The number of aryl methyl sites for hydroxylation is 1. The van der Waals surface area contributed by atoms with Crippen molar-refractivity contribution >= 4 is 13.7 Å². The van der Waals surface area contributed by atoms with Crippen molar-refractivity contribution in [2.24, 2.45) is 0 Å². The highest BCUT2D eigenvalue weighted by molar-refractivity contribution is 7.34. The summed E-state index contributed by atoms with van der Waals surface area (Å²) in [5, 5.41) is 4.33. The Labute approximate surface area is 56.4 Å². The fourth-order valence-electron chi connectivity index (χ4n) is 0.569. The average molecular weight is 140 g/mol. The van der Waals surface area contributed by atoms with Crippen LogP contribution in [-0.2, 0) is 0 Å². The molecule has 0 saturated carbocycles. The molecule has 3 heteroatoms. The third kappa shape index (κ3) is 1.65. The molecule has 48 valence electrons. The van der Waals surface area contributed by atoms with Gasteiger partial charge in [0.25, 0.3) is 0 Å². The van der Waals surface area contributed by atoms with Crippen LogP contribution in [0.1, 0.15) is 5.30 Å². The van der Waals surface area contributed by atoms with E-state index >= 15 is 0 Å². The molecule has 0 unspecified atom stereocenters. The first-order valence-corrected chi connectivity index (χ1v) is 3.70. The van der Waals surface area contributed by atoms with Crippen molar-refractivity contribution in [2.45, 2.75) is 6.92 Å². The van der Waals surface area contributed by atoms with Gasteiger partial charge in [-0.3, -0.25) is 0 Å². The maximum absolute atomic E-state index is 4.09. The van der Waals surface area contributed by atoms with Crippen LogP contribution in [0.2, 0.25) is 0 Å². The normalized spacial score (nSPS) is 10.0. The Bertz CT molecular complexity index is 200. The topological polar surface area (TPSA) is 24.9 Å². The summed E-state index contributed by atoms with van der Waals surface area (Å²) in [6, 6.07) is 2.02. The number of hydrogen-bond donors (Lipinski definition) is 1. The monoisotopic (exact) mass is 140 g/mol. The lowest BCUT2D eigenvalue weighted by Crippen LogP contribution is -1.86. The Morgan fingerprint density at radius 2 is 2.44 bits per heavy atom. The Kier molecular flexibility index (Phi) is 2.01. The first kappa shape index (κ1) is 6.50. The molecule has 0 aromatic carbocycles. The van der Waals surface area contributed by atoms with Gasteiger partial charge < -0.3 is 5.32 Å². The van der Waals surface area contributed by atoms with Gasteiger partial charge in [0.15, 0.2) is 5.55 Å². The van der Waals surface area contributed by atoms with Crippen LogP contribution in [-0.4, -0.2) is 12.0 Å². The number of rotatable bonds is 1. The summed E-state index contributed by atoms with van der Waals surface area (Å²) in [6.45, 7) is 2.09. The molecule has 2 nitrogen and oxygen atoms in total. The van der Waals surface area contributed by atoms with Gasteiger partial charge >= 0.3 is 0 Å². The van der Waals surface area contributed by atoms with Gasteiger partial charge in [0.2, 0.25) is 0 Å². The highest BCUT2D eigenvalue weighted by atomic mass is 31.0. The quantitative estimate of drug-likeness (QED) is 0.645. The van der Waals surface area contributed by atoms with Gasteiger partial charge in [-0.15, -0.1) is 0 Å². The average Bonchev–Trinajstić information content (AvgIpc) is 1.88. The van der Waals surface area contributed by atoms with E-state index in [1.807, 2.05) is 19.3 Å². The molecule has 9 heavy (non-hydrogen) atoms. The van der Waals surface area contributed by atoms with Crippen molar-refractivity contribution in [3.8, 4) is 0 Å². The number of nitrogens with one attached hydrogen (secondary N) is 1. The molecule has 0 amide bonds. The van der Waals surface area contributed by atoms with Gasteiger partial charge in [0.1, 0.15) is 0 Å². The number of nitrogens with zero attached hydrogens (tertiary/aromatic N) is 1. The van der Waals surface area contributed by atoms with E-state index in [1.165, 1.54) is 13.5 Å². The lowest BCUT2D eigenvalue weighted by Gasteiger charge is -1.95. The van der Waals surface area contributed by atoms with Crippen LogP contribution in [0.5, 0.6) is 0 Å². The molecule has 0 aliphatic rings. The van der Waals surface area contributed by atoms with E-state index < -0.39 is 0 Å². The minimum atomic E-state index is 1.02. The summed E-state index contributed by atoms with van der Waals surface area (Å²) in [4.78, 5) is 4.09. The van der Waals surface area contributed by atoms with Crippen LogP contribution in [0.25, 0.3) is 0 Å². The molecule has 0 radical (unpaired) electrons. The van der Waals surface area contributed by atoms with Crippen molar-refractivity contribution in [3.05, 3.63) is 17.6 Å². The number of anilines is 1. The molecule has 1 aromatic rings. The second kappa shape index (κ2) is 2.79. The molecule has 0 saturated heterocycles. The Morgan fingerprint density at radius 1 is 1.67 bits per heavy atom. The van der Waals surface area contributed by atoms with Crippen LogP contribution in [0.3, 0.4) is 0 Å². The van der Waals surface area contributed by atoms with Crippen LogP contribution in [0.4, 0.5) is 5.55 Å². The molecule has 0 bridgehead atoms. The standard InChI is InChI=1S/C6H9N2P/c1-5-3-4-8-6(7-2)9-5/h3-4H,1-2H3,(H,7,8). The molecule has 0 fully saturated rings. The molecule has 1 N–H and O–H groups in total. The molecule has 0 atom stereocenters. The minimum Gasteiger partial charge on any atom is -0.369 e. The molecule has 0 aliphatic heterocycles. The van der Waals surface area contributed by atoms with E-state index in [4.69, 9.17) is 0 Å². The van der Waals surface area contributed by atoms with Crippen molar-refractivity contribution in [3.63, 3.8) is 0 Å². The highest BCUT2D eigenvalue weighted by Crippen LogP contribution is 2.19. The lowest BCUT2D eigenvalue weighted by molar-refractivity contribution is 1.33. The Morgan fingerprint density at radius 3 is 2.89 bits per heavy atom. The predicted octanol–water partition coefficient (Wildman–Crippen LogP) is 2.01. The van der Waals surface area contributed by atoms with E-state index in [0.717, 1.165) is 5.55 Å². The van der Waals surface area contributed by atoms with Gasteiger partial charge in [-0.25, -0.2) is 4.98 Å². The second-order valence-electron chi connectivity index (χ2n) is 1.77. The second-order valence-corrected chi connectivity index (χ2v) is 3.12. The first-order chi connectivity index (χ1) is 4.33. The van der Waals surface area contributed by atoms with E-state index in [1.54, 1.807) is 0 Å². The molecule has 1 heterocycles. The SMILES string of the molecule is CNc1nccc(C)p1. The van der Waals surface area contributed by atoms with Crippen molar-refractivity contribution < 1.29 is 0 Å². The fourth-order valence-corrected chi connectivity index (χ4v) is 1.28. The molecule has 0 aliphatic carbocycles. The van der Waals surface area contributed by atoms with Gasteiger partial charge in [0, 0.05) is 13.2 Å². The van der Waals surface area contributed by atoms with Crippen LogP contribution < -0.4 is 5.32 Å². The largest absolute Gasteiger partial charge is 0.369 e. The van der Waals surface area contributed by atoms with Crippen molar-refractivity contribution in [2.75, 3.05) is 12.4 Å². The number of hydrogen-bond acceptors (Lipinski definition) is 2. The van der Waals surface area contributed by atoms with Gasteiger partial charge in [-0.1, -0.05) is 0 Å². The third-order valence-corrected chi connectivity index (χ3v) is 2.07. The molecular weight excluding hydrogens is 131 g/mol. The smallest absolute Gasteiger partial charge is 0.152 e. The lowest BCUT2D eigenvalue weighted by atomic mass is 10.6.